The third kappa shape index (κ3) is 3.50. The van der Waals surface area contributed by atoms with Crippen molar-refractivity contribution >= 4 is 66.5 Å². The van der Waals surface area contributed by atoms with Gasteiger partial charge in [-0.25, -0.2) is 0 Å². The van der Waals surface area contributed by atoms with Crippen LogP contribution in [0.4, 0.5) is 0 Å². The molecule has 7 aromatic carbocycles. The minimum absolute atomic E-state index is 0.911. The zero-order valence-electron chi connectivity index (χ0n) is 25.7. The molecule has 0 saturated carbocycles. The van der Waals surface area contributed by atoms with Gasteiger partial charge in [0.25, 0.3) is 0 Å². The Kier molecular flexibility index (Phi) is 5.32. The Bertz CT molecular complexity index is 2930. The third-order valence-electron chi connectivity index (χ3n) is 9.90. The van der Waals surface area contributed by atoms with Gasteiger partial charge in [-0.2, -0.15) is 0 Å². The van der Waals surface area contributed by atoms with Gasteiger partial charge >= 0.3 is 0 Å². The van der Waals surface area contributed by atoms with E-state index in [0.717, 1.165) is 38.8 Å². The van der Waals surface area contributed by atoms with Gasteiger partial charge in [0, 0.05) is 48.0 Å². The first kappa shape index (κ1) is 26.1. The van der Waals surface area contributed by atoms with Crippen LogP contribution in [-0.2, 0) is 0 Å². The van der Waals surface area contributed by atoms with E-state index in [1.54, 1.807) is 0 Å². The maximum absolute atomic E-state index is 6.50. The fraction of sp³-hybridized carbons (Fsp3) is 0. The van der Waals surface area contributed by atoms with E-state index in [1.165, 1.54) is 59.4 Å². The van der Waals surface area contributed by atoms with Crippen molar-refractivity contribution in [1.82, 2.24) is 9.13 Å². The van der Waals surface area contributed by atoms with Crippen LogP contribution < -0.4 is 0 Å². The number of rotatable bonds is 3. The van der Waals surface area contributed by atoms with Gasteiger partial charge in [-0.05, 0) is 59.2 Å². The second-order valence-corrected chi connectivity index (χ2v) is 13.6. The van der Waals surface area contributed by atoms with E-state index in [0.29, 0.717) is 0 Å². The molecule has 4 heteroatoms. The molecular weight excluding hydrogens is 605 g/mol. The number of hydrogen-bond donors (Lipinski definition) is 0. The summed E-state index contributed by atoms with van der Waals surface area (Å²) in [6, 6.07) is 56.9. The zero-order valence-corrected chi connectivity index (χ0v) is 26.5. The minimum atomic E-state index is 0.911. The topological polar surface area (TPSA) is 23.0 Å². The van der Waals surface area contributed by atoms with E-state index >= 15 is 0 Å². The second-order valence-electron chi connectivity index (χ2n) is 12.5. The van der Waals surface area contributed by atoms with Gasteiger partial charge in [0.1, 0.15) is 16.8 Å². The van der Waals surface area contributed by atoms with Gasteiger partial charge in [-0.3, -0.25) is 9.13 Å². The summed E-state index contributed by atoms with van der Waals surface area (Å²) in [5.74, 6) is 0. The largest absolute Gasteiger partial charge is 0.455 e. The van der Waals surface area contributed by atoms with Gasteiger partial charge in [-0.1, -0.05) is 127 Å². The van der Waals surface area contributed by atoms with Gasteiger partial charge in [-0.15, -0.1) is 0 Å². The van der Waals surface area contributed by atoms with Gasteiger partial charge in [0.05, 0.1) is 16.7 Å². The van der Waals surface area contributed by atoms with E-state index in [1.807, 2.05) is 17.8 Å². The molecule has 0 amide bonds. The number of nitrogens with zero attached hydrogens (tertiary/aromatic N) is 2. The molecule has 0 unspecified atom stereocenters. The van der Waals surface area contributed by atoms with E-state index in [2.05, 4.69) is 161 Å². The molecule has 11 rings (SSSR count). The Labute approximate surface area is 280 Å². The molecule has 0 atom stereocenters. The smallest absolute Gasteiger partial charge is 0.143 e. The normalized spacial score (nSPS) is 12.5. The summed E-state index contributed by atoms with van der Waals surface area (Å²) < 4.78 is 11.5. The summed E-state index contributed by atoms with van der Waals surface area (Å²) in [7, 11) is 0. The number of hydrogen-bond acceptors (Lipinski definition) is 2. The average molecular weight is 631 g/mol. The highest BCUT2D eigenvalue weighted by Gasteiger charge is 2.29. The fourth-order valence-electron chi connectivity index (χ4n) is 7.92. The Morgan fingerprint density at radius 1 is 0.479 bits per heavy atom. The van der Waals surface area contributed by atoms with Crippen LogP contribution in [-0.4, -0.2) is 9.13 Å². The lowest BCUT2D eigenvalue weighted by Gasteiger charge is -2.21. The first-order valence-electron chi connectivity index (χ1n) is 16.3. The molecule has 1 aliphatic heterocycles. The highest BCUT2D eigenvalue weighted by Crippen LogP contribution is 2.51. The van der Waals surface area contributed by atoms with Crippen LogP contribution in [0.15, 0.2) is 172 Å². The summed E-state index contributed by atoms with van der Waals surface area (Å²) in [4.78, 5) is 2.55. The predicted molar refractivity (Wildman–Crippen MR) is 200 cm³/mol. The van der Waals surface area contributed by atoms with Crippen molar-refractivity contribution in [3.63, 3.8) is 0 Å². The Balaban J connectivity index is 1.28. The number of benzene rings is 7. The molecule has 3 nitrogen and oxygen atoms in total. The molecule has 48 heavy (non-hydrogen) atoms. The molecule has 0 aliphatic carbocycles. The van der Waals surface area contributed by atoms with Gasteiger partial charge in [0.15, 0.2) is 0 Å². The molecule has 10 aromatic rings. The first-order valence-corrected chi connectivity index (χ1v) is 17.1. The molecule has 0 spiro atoms. The van der Waals surface area contributed by atoms with Crippen LogP contribution in [0.25, 0.3) is 88.4 Å². The standard InChI is InChI=1S/C44H26N2OS/c1-2-12-27(13-3-1)30-17-10-22-36-40(30)41-34-20-11-25-39-42(34)46(35-21-5-7-24-38(35)48-39)44(41)45(36)29-15-8-14-28(26-29)31-18-9-19-33-32-16-4-6-23-37(32)47-43(31)33/h1-26H. The molecule has 1 aliphatic rings. The average Bonchev–Trinajstić information content (AvgIpc) is 3.81. The summed E-state index contributed by atoms with van der Waals surface area (Å²) in [6.45, 7) is 0. The number of para-hydroxylation sites is 4. The number of aromatic nitrogens is 2. The van der Waals surface area contributed by atoms with E-state index in [9.17, 15) is 0 Å². The molecule has 0 saturated heterocycles. The molecule has 224 valence electrons. The highest BCUT2D eigenvalue weighted by atomic mass is 32.2. The highest BCUT2D eigenvalue weighted by molar-refractivity contribution is 7.99. The fourth-order valence-corrected chi connectivity index (χ4v) is 9.02. The summed E-state index contributed by atoms with van der Waals surface area (Å²) in [5.41, 5.74) is 12.5. The first-order chi connectivity index (χ1) is 23.8. The molecular formula is C44H26N2OS. The van der Waals surface area contributed by atoms with E-state index < -0.39 is 0 Å². The SMILES string of the molecule is c1ccc(-c2cccc3c2c2c4cccc5c4n(c2n3-c2cccc(-c3cccc4c3oc3ccccc34)c2)-c2ccccc2S5)cc1. The van der Waals surface area contributed by atoms with Crippen LogP contribution in [0, 0.1) is 0 Å². The number of fused-ring (bicyclic) bond motifs is 10. The van der Waals surface area contributed by atoms with Crippen molar-refractivity contribution in [2.75, 3.05) is 0 Å². The van der Waals surface area contributed by atoms with E-state index in [-0.39, 0.29) is 0 Å². The molecule has 4 heterocycles. The lowest BCUT2D eigenvalue weighted by atomic mass is 9.99. The lowest BCUT2D eigenvalue weighted by Crippen LogP contribution is -2.05. The van der Waals surface area contributed by atoms with E-state index in [4.69, 9.17) is 4.42 Å². The van der Waals surface area contributed by atoms with Gasteiger partial charge in [0.2, 0.25) is 0 Å². The molecule has 0 bridgehead atoms. The monoisotopic (exact) mass is 630 g/mol. The minimum Gasteiger partial charge on any atom is -0.455 e. The second kappa shape index (κ2) is 9.77. The summed E-state index contributed by atoms with van der Waals surface area (Å²) >= 11 is 1.86. The van der Waals surface area contributed by atoms with Crippen molar-refractivity contribution in [1.29, 1.82) is 0 Å². The molecule has 0 fully saturated rings. The third-order valence-corrected chi connectivity index (χ3v) is 11.0. The molecule has 3 aromatic heterocycles. The van der Waals surface area contributed by atoms with Crippen LogP contribution in [0.1, 0.15) is 0 Å². The van der Waals surface area contributed by atoms with Crippen LogP contribution in [0.3, 0.4) is 0 Å². The van der Waals surface area contributed by atoms with Crippen LogP contribution in [0.2, 0.25) is 0 Å². The summed E-state index contributed by atoms with van der Waals surface area (Å²) in [6.07, 6.45) is 0. The molecule has 0 radical (unpaired) electrons. The predicted octanol–water partition coefficient (Wildman–Crippen LogP) is 12.4. The Morgan fingerprint density at radius 2 is 1.19 bits per heavy atom. The van der Waals surface area contributed by atoms with Crippen molar-refractivity contribution in [3.8, 4) is 33.6 Å². The quantitative estimate of drug-likeness (QED) is 0.194. The van der Waals surface area contributed by atoms with Crippen molar-refractivity contribution in [2.24, 2.45) is 0 Å². The van der Waals surface area contributed by atoms with Crippen LogP contribution >= 0.6 is 11.8 Å². The van der Waals surface area contributed by atoms with Crippen molar-refractivity contribution in [2.45, 2.75) is 9.79 Å². The maximum Gasteiger partial charge on any atom is 0.143 e. The van der Waals surface area contributed by atoms with Crippen molar-refractivity contribution in [3.05, 3.63) is 158 Å². The lowest BCUT2D eigenvalue weighted by molar-refractivity contribution is 0.670. The summed E-state index contributed by atoms with van der Waals surface area (Å²) in [5, 5.41) is 6.11. The van der Waals surface area contributed by atoms with Crippen LogP contribution in [0.5, 0.6) is 0 Å². The maximum atomic E-state index is 6.50. The van der Waals surface area contributed by atoms with Gasteiger partial charge < -0.3 is 4.42 Å². The van der Waals surface area contributed by atoms with Crippen molar-refractivity contribution < 1.29 is 4.42 Å². The molecule has 0 N–H and O–H groups in total. The number of furan rings is 1. The zero-order chi connectivity index (χ0) is 31.3. The Hall–Kier alpha value is -5.97. The Morgan fingerprint density at radius 3 is 2.15 bits per heavy atom.